The van der Waals surface area contributed by atoms with Gasteiger partial charge >= 0.3 is 0 Å². The maximum absolute atomic E-state index is 5.68. The Morgan fingerprint density at radius 2 is 2.04 bits per heavy atom. The second-order valence-corrected chi connectivity index (χ2v) is 5.42. The molecule has 1 aromatic heterocycles. The van der Waals surface area contributed by atoms with Crippen molar-refractivity contribution in [2.75, 3.05) is 20.8 Å². The van der Waals surface area contributed by atoms with Gasteiger partial charge < -0.3 is 14.8 Å². The van der Waals surface area contributed by atoms with Gasteiger partial charge in [0.05, 0.1) is 19.3 Å². The van der Waals surface area contributed by atoms with Crippen molar-refractivity contribution in [3.63, 3.8) is 0 Å². The summed E-state index contributed by atoms with van der Waals surface area (Å²) in [6.07, 6.45) is 3.74. The fourth-order valence-electron chi connectivity index (χ4n) is 2.32. The van der Waals surface area contributed by atoms with Crippen molar-refractivity contribution in [3.05, 3.63) is 36.0 Å². The number of nitrogens with one attached hydrogen (secondary N) is 1. The van der Waals surface area contributed by atoms with E-state index < -0.39 is 0 Å². The molecule has 0 saturated heterocycles. The first-order chi connectivity index (χ1) is 11.3. The zero-order chi connectivity index (χ0) is 16.5. The van der Waals surface area contributed by atoms with Crippen molar-refractivity contribution in [2.24, 2.45) is 0 Å². The first-order valence-corrected chi connectivity index (χ1v) is 8.05. The van der Waals surface area contributed by atoms with Crippen LogP contribution in [0.3, 0.4) is 0 Å². The highest BCUT2D eigenvalue weighted by atomic mass is 16.7. The Bertz CT molecular complexity index is 568. The zero-order valence-corrected chi connectivity index (χ0v) is 14.2. The lowest BCUT2D eigenvalue weighted by molar-refractivity contribution is -0.129. The Kier molecular flexibility index (Phi) is 7.19. The highest BCUT2D eigenvalue weighted by molar-refractivity contribution is 5.57. The monoisotopic (exact) mass is 318 g/mol. The number of aromatic nitrogens is 3. The summed E-state index contributed by atoms with van der Waals surface area (Å²) >= 11 is 0. The van der Waals surface area contributed by atoms with Crippen LogP contribution in [0.25, 0.3) is 11.3 Å². The maximum atomic E-state index is 5.68. The predicted molar refractivity (Wildman–Crippen MR) is 89.9 cm³/mol. The molecule has 0 aliphatic heterocycles. The van der Waals surface area contributed by atoms with E-state index in [-0.39, 0.29) is 6.29 Å². The van der Waals surface area contributed by atoms with Gasteiger partial charge in [0, 0.05) is 19.2 Å². The van der Waals surface area contributed by atoms with Gasteiger partial charge in [-0.05, 0) is 19.0 Å². The van der Waals surface area contributed by atoms with E-state index in [1.54, 1.807) is 11.8 Å². The summed E-state index contributed by atoms with van der Waals surface area (Å²) in [4.78, 5) is 0. The lowest BCUT2D eigenvalue weighted by Gasteiger charge is -2.14. The standard InChI is InChI=1S/C17H26N4O2/c1-4-5-17(22-3)23-11-10-21-13-16(19-20-21)15-8-6-14(7-9-15)12-18-2/h6-9,13,17-18H,4-5,10-12H2,1-3H3. The van der Waals surface area contributed by atoms with E-state index in [1.807, 2.05) is 13.2 Å². The van der Waals surface area contributed by atoms with Crippen molar-refractivity contribution in [2.45, 2.75) is 39.1 Å². The molecule has 0 bridgehead atoms. The fourth-order valence-corrected chi connectivity index (χ4v) is 2.32. The summed E-state index contributed by atoms with van der Waals surface area (Å²) in [5.74, 6) is 0. The Morgan fingerprint density at radius 1 is 1.26 bits per heavy atom. The normalized spacial score (nSPS) is 12.5. The number of rotatable bonds is 10. The lowest BCUT2D eigenvalue weighted by atomic mass is 10.1. The fraction of sp³-hybridized carbons (Fsp3) is 0.529. The zero-order valence-electron chi connectivity index (χ0n) is 14.2. The van der Waals surface area contributed by atoms with Crippen molar-refractivity contribution in [3.8, 4) is 11.3 Å². The minimum Gasteiger partial charge on any atom is -0.356 e. The lowest BCUT2D eigenvalue weighted by Crippen LogP contribution is -2.18. The molecule has 126 valence electrons. The van der Waals surface area contributed by atoms with E-state index in [4.69, 9.17) is 9.47 Å². The highest BCUT2D eigenvalue weighted by Crippen LogP contribution is 2.16. The van der Waals surface area contributed by atoms with Gasteiger partial charge in [-0.2, -0.15) is 0 Å². The maximum Gasteiger partial charge on any atom is 0.157 e. The van der Waals surface area contributed by atoms with E-state index in [1.165, 1.54) is 5.56 Å². The molecule has 0 spiro atoms. The third-order valence-electron chi connectivity index (χ3n) is 3.58. The van der Waals surface area contributed by atoms with Crippen molar-refractivity contribution < 1.29 is 9.47 Å². The minimum absolute atomic E-state index is 0.136. The minimum atomic E-state index is -0.136. The van der Waals surface area contributed by atoms with Crippen molar-refractivity contribution in [1.82, 2.24) is 20.3 Å². The highest BCUT2D eigenvalue weighted by Gasteiger charge is 2.07. The van der Waals surface area contributed by atoms with Crippen LogP contribution in [0.1, 0.15) is 25.3 Å². The molecule has 0 radical (unpaired) electrons. The van der Waals surface area contributed by atoms with Gasteiger partial charge in [0.1, 0.15) is 5.69 Å². The Hall–Kier alpha value is -1.76. The van der Waals surface area contributed by atoms with Gasteiger partial charge in [-0.15, -0.1) is 5.10 Å². The van der Waals surface area contributed by atoms with Gasteiger partial charge in [-0.1, -0.05) is 42.8 Å². The third kappa shape index (κ3) is 5.42. The summed E-state index contributed by atoms with van der Waals surface area (Å²) < 4.78 is 12.7. The van der Waals surface area contributed by atoms with E-state index >= 15 is 0 Å². The molecular weight excluding hydrogens is 292 g/mol. The average Bonchev–Trinajstić information content (AvgIpc) is 3.04. The van der Waals surface area contributed by atoms with Crippen molar-refractivity contribution >= 4 is 0 Å². The second-order valence-electron chi connectivity index (χ2n) is 5.42. The van der Waals surface area contributed by atoms with Gasteiger partial charge in [0.25, 0.3) is 0 Å². The molecule has 0 fully saturated rings. The number of hydrogen-bond acceptors (Lipinski definition) is 5. The summed E-state index contributed by atoms with van der Waals surface area (Å²) in [7, 11) is 3.61. The smallest absolute Gasteiger partial charge is 0.157 e. The summed E-state index contributed by atoms with van der Waals surface area (Å²) in [5, 5.41) is 11.5. The van der Waals surface area contributed by atoms with Gasteiger partial charge in [-0.25, -0.2) is 4.68 Å². The van der Waals surface area contributed by atoms with Crippen LogP contribution >= 0.6 is 0 Å². The first kappa shape index (κ1) is 17.6. The third-order valence-corrected chi connectivity index (χ3v) is 3.58. The molecule has 2 rings (SSSR count). The molecular formula is C17H26N4O2. The van der Waals surface area contributed by atoms with Crippen LogP contribution in [0.15, 0.2) is 30.5 Å². The predicted octanol–water partition coefficient (Wildman–Crippen LogP) is 2.45. The average molecular weight is 318 g/mol. The molecule has 0 amide bonds. The Labute approximate surface area is 137 Å². The molecule has 1 atom stereocenters. The van der Waals surface area contributed by atoms with Gasteiger partial charge in [0.2, 0.25) is 0 Å². The number of benzene rings is 1. The van der Waals surface area contributed by atoms with Crippen LogP contribution in [0.4, 0.5) is 0 Å². The quantitative estimate of drug-likeness (QED) is 0.682. The van der Waals surface area contributed by atoms with E-state index in [0.29, 0.717) is 13.2 Å². The topological polar surface area (TPSA) is 61.2 Å². The summed E-state index contributed by atoms with van der Waals surface area (Å²) in [6.45, 7) is 4.19. The van der Waals surface area contributed by atoms with Crippen LogP contribution < -0.4 is 5.32 Å². The molecule has 0 aliphatic rings. The number of hydrogen-bond donors (Lipinski definition) is 1. The van der Waals surface area contributed by atoms with Crippen LogP contribution in [-0.4, -0.2) is 42.0 Å². The van der Waals surface area contributed by atoms with Crippen LogP contribution in [0, 0.1) is 0 Å². The van der Waals surface area contributed by atoms with Crippen LogP contribution in [0.5, 0.6) is 0 Å². The van der Waals surface area contributed by atoms with Gasteiger partial charge in [0.15, 0.2) is 6.29 Å². The summed E-state index contributed by atoms with van der Waals surface area (Å²) in [5.41, 5.74) is 3.19. The van der Waals surface area contributed by atoms with E-state index in [0.717, 1.165) is 30.6 Å². The molecule has 0 saturated carbocycles. The molecule has 6 heteroatoms. The number of methoxy groups -OCH3 is 1. The molecule has 2 aromatic rings. The molecule has 1 aromatic carbocycles. The number of ether oxygens (including phenoxy) is 2. The second kappa shape index (κ2) is 9.39. The first-order valence-electron chi connectivity index (χ1n) is 8.05. The molecule has 23 heavy (non-hydrogen) atoms. The Morgan fingerprint density at radius 3 is 2.70 bits per heavy atom. The molecule has 1 N–H and O–H groups in total. The van der Waals surface area contributed by atoms with E-state index in [9.17, 15) is 0 Å². The molecule has 0 aliphatic carbocycles. The molecule has 6 nitrogen and oxygen atoms in total. The SMILES string of the molecule is CCCC(OC)OCCn1cc(-c2ccc(CNC)cc2)nn1. The van der Waals surface area contributed by atoms with E-state index in [2.05, 4.69) is 46.8 Å². The molecule has 1 unspecified atom stereocenters. The largest absolute Gasteiger partial charge is 0.356 e. The van der Waals surface area contributed by atoms with Crippen molar-refractivity contribution in [1.29, 1.82) is 0 Å². The van der Waals surface area contributed by atoms with Gasteiger partial charge in [-0.3, -0.25) is 0 Å². The summed E-state index contributed by atoms with van der Waals surface area (Å²) in [6, 6.07) is 8.34. The number of nitrogens with zero attached hydrogens (tertiary/aromatic N) is 3. The van der Waals surface area contributed by atoms with Crippen LogP contribution in [0.2, 0.25) is 0 Å². The van der Waals surface area contributed by atoms with Crippen LogP contribution in [-0.2, 0) is 22.6 Å². The molecule has 1 heterocycles. The Balaban J connectivity index is 1.87.